The molecule has 7 heteroatoms. The number of hydrogen-bond acceptors (Lipinski definition) is 4. The Balaban J connectivity index is 1.65. The van der Waals surface area contributed by atoms with Gasteiger partial charge in [-0.05, 0) is 30.0 Å². The molecule has 0 aliphatic rings. The largest absolute Gasteiger partial charge is 0.349 e. The molecule has 0 saturated carbocycles. The van der Waals surface area contributed by atoms with Crippen LogP contribution in [0.5, 0.6) is 0 Å². The van der Waals surface area contributed by atoms with Crippen molar-refractivity contribution in [1.29, 1.82) is 0 Å². The fourth-order valence-electron chi connectivity index (χ4n) is 3.12. The maximum Gasteiger partial charge on any atom is 0.230 e. The minimum absolute atomic E-state index is 0.0298. The average Bonchev–Trinajstić information content (AvgIpc) is 3.07. The Morgan fingerprint density at radius 3 is 2.48 bits per heavy atom. The van der Waals surface area contributed by atoms with Crippen LogP contribution in [0.3, 0.4) is 0 Å². The van der Waals surface area contributed by atoms with Gasteiger partial charge in [-0.2, -0.15) is 0 Å². The van der Waals surface area contributed by atoms with Gasteiger partial charge in [-0.1, -0.05) is 68.1 Å². The third-order valence-corrected chi connectivity index (χ3v) is 5.55. The van der Waals surface area contributed by atoms with E-state index in [0.717, 1.165) is 12.0 Å². The Hall–Kier alpha value is -2.67. The van der Waals surface area contributed by atoms with Crippen molar-refractivity contribution < 1.29 is 9.18 Å². The first-order valence-electron chi connectivity index (χ1n) is 9.57. The van der Waals surface area contributed by atoms with Gasteiger partial charge in [0.1, 0.15) is 5.82 Å². The Kier molecular flexibility index (Phi) is 7.04. The summed E-state index contributed by atoms with van der Waals surface area (Å²) in [6.07, 6.45) is 0.863. The molecule has 1 amide bonds. The molecule has 1 atom stereocenters. The van der Waals surface area contributed by atoms with Crippen LogP contribution in [0.15, 0.2) is 59.8 Å². The topological polar surface area (TPSA) is 59.8 Å². The molecule has 1 heterocycles. The summed E-state index contributed by atoms with van der Waals surface area (Å²) in [5.41, 5.74) is 1.49. The van der Waals surface area contributed by atoms with Gasteiger partial charge in [-0.15, -0.1) is 10.2 Å². The van der Waals surface area contributed by atoms with Crippen molar-refractivity contribution in [1.82, 2.24) is 20.1 Å². The van der Waals surface area contributed by atoms with Crippen LogP contribution in [-0.2, 0) is 11.8 Å². The number of carbonyl (C=O) groups excluding carboxylic acids is 1. The molecule has 0 unspecified atom stereocenters. The highest BCUT2D eigenvalue weighted by molar-refractivity contribution is 7.99. The zero-order valence-electron chi connectivity index (χ0n) is 16.8. The van der Waals surface area contributed by atoms with E-state index in [-0.39, 0.29) is 23.5 Å². The molecule has 0 fully saturated rings. The number of carbonyl (C=O) groups is 1. The molecule has 29 heavy (non-hydrogen) atoms. The van der Waals surface area contributed by atoms with E-state index in [9.17, 15) is 9.18 Å². The highest BCUT2D eigenvalue weighted by Crippen LogP contribution is 2.25. The van der Waals surface area contributed by atoms with Crippen LogP contribution in [0, 0.1) is 11.7 Å². The van der Waals surface area contributed by atoms with E-state index in [1.54, 1.807) is 29.8 Å². The zero-order chi connectivity index (χ0) is 20.8. The number of amides is 1. The molecule has 3 rings (SSSR count). The summed E-state index contributed by atoms with van der Waals surface area (Å²) in [4.78, 5) is 12.6. The molecule has 152 valence electrons. The molecular weight excluding hydrogens is 387 g/mol. The molecule has 2 aromatic carbocycles. The Labute approximate surface area is 174 Å². The van der Waals surface area contributed by atoms with Crippen LogP contribution >= 0.6 is 11.8 Å². The SMILES string of the molecule is CC(C)C[C@H](NC(=O)CSc1nnc(-c2ccccc2F)n1C)c1ccccc1. The second-order valence-electron chi connectivity index (χ2n) is 7.29. The summed E-state index contributed by atoms with van der Waals surface area (Å²) in [7, 11) is 1.77. The maximum absolute atomic E-state index is 14.0. The number of hydrogen-bond donors (Lipinski definition) is 1. The number of nitrogens with one attached hydrogen (secondary N) is 1. The molecule has 1 N–H and O–H groups in total. The van der Waals surface area contributed by atoms with Crippen molar-refractivity contribution in [2.75, 3.05) is 5.75 Å². The van der Waals surface area contributed by atoms with E-state index in [0.29, 0.717) is 22.5 Å². The number of rotatable bonds is 8. The second-order valence-corrected chi connectivity index (χ2v) is 8.24. The predicted molar refractivity (Wildman–Crippen MR) is 114 cm³/mol. The number of nitrogens with zero attached hydrogens (tertiary/aromatic N) is 3. The fraction of sp³-hybridized carbons (Fsp3) is 0.318. The molecular formula is C22H25FN4OS. The first kappa shape index (κ1) is 21.0. The summed E-state index contributed by atoms with van der Waals surface area (Å²) in [5, 5.41) is 11.9. The first-order chi connectivity index (χ1) is 14.0. The summed E-state index contributed by atoms with van der Waals surface area (Å²) in [6.45, 7) is 4.28. The predicted octanol–water partition coefficient (Wildman–Crippen LogP) is 4.62. The molecule has 3 aromatic rings. The molecule has 0 radical (unpaired) electrons. The molecule has 0 spiro atoms. The van der Waals surface area contributed by atoms with Crippen LogP contribution in [-0.4, -0.2) is 26.4 Å². The van der Waals surface area contributed by atoms with Crippen molar-refractivity contribution in [3.8, 4) is 11.4 Å². The molecule has 0 saturated heterocycles. The normalized spacial score (nSPS) is 12.2. The lowest BCUT2D eigenvalue weighted by Crippen LogP contribution is -2.31. The van der Waals surface area contributed by atoms with Gasteiger partial charge < -0.3 is 9.88 Å². The lowest BCUT2D eigenvalue weighted by molar-refractivity contribution is -0.119. The standard InChI is InChI=1S/C22H25FN4OS/c1-15(2)13-19(16-9-5-4-6-10-16)24-20(28)14-29-22-26-25-21(27(22)3)17-11-7-8-12-18(17)23/h4-12,15,19H,13-14H2,1-3H3,(H,24,28)/t19-/m0/s1. The maximum atomic E-state index is 14.0. The third kappa shape index (κ3) is 5.44. The first-order valence-corrected chi connectivity index (χ1v) is 10.6. The third-order valence-electron chi connectivity index (χ3n) is 4.53. The average molecular weight is 413 g/mol. The monoisotopic (exact) mass is 412 g/mol. The van der Waals surface area contributed by atoms with Crippen LogP contribution in [0.2, 0.25) is 0 Å². The van der Waals surface area contributed by atoms with Crippen molar-refractivity contribution in [2.24, 2.45) is 13.0 Å². The summed E-state index contributed by atoms with van der Waals surface area (Å²) in [5.74, 6) is 0.685. The summed E-state index contributed by atoms with van der Waals surface area (Å²) < 4.78 is 15.7. The quantitative estimate of drug-likeness (QED) is 0.549. The molecule has 5 nitrogen and oxygen atoms in total. The molecule has 0 aliphatic carbocycles. The van der Waals surface area contributed by atoms with E-state index >= 15 is 0 Å². The molecule has 1 aromatic heterocycles. The molecule has 0 bridgehead atoms. The van der Waals surface area contributed by atoms with Gasteiger partial charge in [0, 0.05) is 7.05 Å². The minimum Gasteiger partial charge on any atom is -0.349 e. The van der Waals surface area contributed by atoms with Crippen LogP contribution in [0.4, 0.5) is 4.39 Å². The Bertz CT molecular complexity index is 958. The number of aromatic nitrogens is 3. The van der Waals surface area contributed by atoms with Gasteiger partial charge in [0.2, 0.25) is 5.91 Å². The Morgan fingerprint density at radius 1 is 1.10 bits per heavy atom. The van der Waals surface area contributed by atoms with Gasteiger partial charge >= 0.3 is 0 Å². The van der Waals surface area contributed by atoms with Gasteiger partial charge in [0.15, 0.2) is 11.0 Å². The van der Waals surface area contributed by atoms with Gasteiger partial charge in [-0.25, -0.2) is 4.39 Å². The highest BCUT2D eigenvalue weighted by atomic mass is 32.2. The van der Waals surface area contributed by atoms with E-state index in [1.165, 1.54) is 17.8 Å². The lowest BCUT2D eigenvalue weighted by Gasteiger charge is -2.21. The number of benzene rings is 2. The molecule has 0 aliphatic heterocycles. The van der Waals surface area contributed by atoms with E-state index in [4.69, 9.17) is 0 Å². The van der Waals surface area contributed by atoms with Gasteiger partial charge in [0.25, 0.3) is 0 Å². The summed E-state index contributed by atoms with van der Waals surface area (Å²) in [6, 6.07) is 16.4. The fourth-order valence-corrected chi connectivity index (χ4v) is 3.84. The second kappa shape index (κ2) is 9.69. The van der Waals surface area contributed by atoms with Crippen LogP contribution < -0.4 is 5.32 Å². The van der Waals surface area contributed by atoms with Gasteiger partial charge in [0.05, 0.1) is 17.4 Å². The van der Waals surface area contributed by atoms with E-state index in [2.05, 4.69) is 29.4 Å². The lowest BCUT2D eigenvalue weighted by atomic mass is 9.97. The van der Waals surface area contributed by atoms with Gasteiger partial charge in [-0.3, -0.25) is 4.79 Å². The van der Waals surface area contributed by atoms with Crippen molar-refractivity contribution in [2.45, 2.75) is 31.5 Å². The smallest absolute Gasteiger partial charge is 0.230 e. The van der Waals surface area contributed by atoms with Crippen LogP contribution in [0.25, 0.3) is 11.4 Å². The van der Waals surface area contributed by atoms with Crippen molar-refractivity contribution in [3.05, 3.63) is 66.0 Å². The minimum atomic E-state index is -0.350. The van der Waals surface area contributed by atoms with E-state index in [1.807, 2.05) is 30.3 Å². The highest BCUT2D eigenvalue weighted by Gasteiger charge is 2.18. The summed E-state index contributed by atoms with van der Waals surface area (Å²) >= 11 is 1.29. The van der Waals surface area contributed by atoms with E-state index < -0.39 is 0 Å². The zero-order valence-corrected chi connectivity index (χ0v) is 17.6. The van der Waals surface area contributed by atoms with Crippen molar-refractivity contribution >= 4 is 17.7 Å². The van der Waals surface area contributed by atoms with Crippen molar-refractivity contribution in [3.63, 3.8) is 0 Å². The van der Waals surface area contributed by atoms with Crippen LogP contribution in [0.1, 0.15) is 31.9 Å². The number of thioether (sulfide) groups is 1. The Morgan fingerprint density at radius 2 is 1.79 bits per heavy atom. The number of halogens is 1.